The standard InChI is InChI=1S/C17H24O6/c1-10(19)23-9-16(2)4-3-5-17(8-18)12-7-22-15(21)11(12)6-13(20)14(16)17/h13-14,18,20H,3-9H2,1-2H3/t13-,14+,16-,17+/m0/s1. The Hall–Kier alpha value is -1.40. The molecule has 0 radical (unpaired) electrons. The van der Waals surface area contributed by atoms with Crippen molar-refractivity contribution in [2.75, 3.05) is 19.8 Å². The molecular weight excluding hydrogens is 300 g/mol. The molecule has 0 aromatic heterocycles. The van der Waals surface area contributed by atoms with Crippen molar-refractivity contribution in [3.63, 3.8) is 0 Å². The molecule has 2 aliphatic carbocycles. The monoisotopic (exact) mass is 324 g/mol. The Morgan fingerprint density at radius 3 is 2.83 bits per heavy atom. The summed E-state index contributed by atoms with van der Waals surface area (Å²) in [6, 6.07) is 0. The molecule has 6 heteroatoms. The highest BCUT2D eigenvalue weighted by Gasteiger charge is 2.60. The Balaban J connectivity index is 2.03. The molecule has 1 aliphatic heterocycles. The number of fused-ring (bicyclic) bond motifs is 2. The minimum absolute atomic E-state index is 0.139. The van der Waals surface area contributed by atoms with Gasteiger partial charge in [0.1, 0.15) is 6.61 Å². The summed E-state index contributed by atoms with van der Waals surface area (Å²) in [5.41, 5.74) is 0.274. The molecule has 1 heterocycles. The van der Waals surface area contributed by atoms with E-state index < -0.39 is 16.9 Å². The Labute approximate surface area is 135 Å². The predicted molar refractivity (Wildman–Crippen MR) is 80.2 cm³/mol. The van der Waals surface area contributed by atoms with Gasteiger partial charge in [-0.15, -0.1) is 0 Å². The first kappa shape index (κ1) is 16.5. The largest absolute Gasteiger partial charge is 0.465 e. The normalized spacial score (nSPS) is 39.6. The molecule has 0 aromatic carbocycles. The second-order valence-corrected chi connectivity index (χ2v) is 7.38. The Morgan fingerprint density at radius 1 is 1.43 bits per heavy atom. The van der Waals surface area contributed by atoms with Gasteiger partial charge < -0.3 is 19.7 Å². The average molecular weight is 324 g/mol. The number of aliphatic hydroxyl groups excluding tert-OH is 2. The summed E-state index contributed by atoms with van der Waals surface area (Å²) in [7, 11) is 0. The molecule has 0 unspecified atom stereocenters. The fraction of sp³-hybridized carbons (Fsp3) is 0.765. The molecule has 0 saturated heterocycles. The second-order valence-electron chi connectivity index (χ2n) is 7.38. The topological polar surface area (TPSA) is 93.1 Å². The zero-order chi connectivity index (χ0) is 16.8. The number of cyclic esters (lactones) is 1. The predicted octanol–water partition coefficient (Wildman–Crippen LogP) is 0.953. The van der Waals surface area contributed by atoms with Gasteiger partial charge in [0.25, 0.3) is 0 Å². The number of hydrogen-bond donors (Lipinski definition) is 2. The smallest absolute Gasteiger partial charge is 0.334 e. The van der Waals surface area contributed by atoms with E-state index in [0.29, 0.717) is 12.0 Å². The first-order valence-corrected chi connectivity index (χ1v) is 8.16. The van der Waals surface area contributed by atoms with Crippen molar-refractivity contribution in [2.45, 2.75) is 45.6 Å². The van der Waals surface area contributed by atoms with Crippen molar-refractivity contribution in [1.82, 2.24) is 0 Å². The first-order valence-electron chi connectivity index (χ1n) is 8.16. The van der Waals surface area contributed by atoms with Gasteiger partial charge in [0.2, 0.25) is 0 Å². The lowest BCUT2D eigenvalue weighted by Gasteiger charge is -2.56. The fourth-order valence-corrected chi connectivity index (χ4v) is 5.07. The van der Waals surface area contributed by atoms with Crippen LogP contribution in [-0.2, 0) is 19.1 Å². The molecule has 1 saturated carbocycles. The van der Waals surface area contributed by atoms with Crippen molar-refractivity contribution in [3.8, 4) is 0 Å². The van der Waals surface area contributed by atoms with Crippen LogP contribution in [0.25, 0.3) is 0 Å². The maximum Gasteiger partial charge on any atom is 0.334 e. The quantitative estimate of drug-likeness (QED) is 0.751. The highest BCUT2D eigenvalue weighted by Crippen LogP contribution is 2.60. The van der Waals surface area contributed by atoms with Gasteiger partial charge in [-0.25, -0.2) is 4.79 Å². The number of carbonyl (C=O) groups excluding carboxylic acids is 2. The van der Waals surface area contributed by atoms with E-state index in [-0.39, 0.29) is 44.1 Å². The van der Waals surface area contributed by atoms with Crippen LogP contribution in [0.15, 0.2) is 11.1 Å². The van der Waals surface area contributed by atoms with E-state index in [1.54, 1.807) is 0 Å². The molecule has 128 valence electrons. The van der Waals surface area contributed by atoms with Crippen molar-refractivity contribution >= 4 is 11.9 Å². The van der Waals surface area contributed by atoms with Crippen molar-refractivity contribution in [1.29, 1.82) is 0 Å². The molecule has 1 fully saturated rings. The molecule has 3 aliphatic rings. The van der Waals surface area contributed by atoms with Gasteiger partial charge in [0, 0.05) is 35.7 Å². The molecule has 3 rings (SSSR count). The van der Waals surface area contributed by atoms with Crippen LogP contribution in [0.2, 0.25) is 0 Å². The van der Waals surface area contributed by atoms with E-state index in [9.17, 15) is 19.8 Å². The third kappa shape index (κ3) is 2.39. The van der Waals surface area contributed by atoms with Gasteiger partial charge >= 0.3 is 11.9 Å². The van der Waals surface area contributed by atoms with Crippen molar-refractivity contribution in [3.05, 3.63) is 11.1 Å². The summed E-state index contributed by atoms with van der Waals surface area (Å²) in [5, 5.41) is 21.0. The van der Waals surface area contributed by atoms with Crippen molar-refractivity contribution < 1.29 is 29.3 Å². The van der Waals surface area contributed by atoms with Crippen LogP contribution in [0.4, 0.5) is 0 Å². The molecule has 0 spiro atoms. The van der Waals surface area contributed by atoms with E-state index in [2.05, 4.69) is 0 Å². The number of esters is 2. The van der Waals surface area contributed by atoms with Gasteiger partial charge in [0.05, 0.1) is 19.3 Å². The van der Waals surface area contributed by atoms with E-state index in [1.165, 1.54) is 6.92 Å². The van der Waals surface area contributed by atoms with Crippen LogP contribution in [0.5, 0.6) is 0 Å². The molecule has 2 N–H and O–H groups in total. The zero-order valence-electron chi connectivity index (χ0n) is 13.6. The Kier molecular flexibility index (Phi) is 4.01. The SMILES string of the molecule is CC(=O)OC[C@]1(C)CCC[C@@]2(CO)C3=C(C[C@H](O)[C@H]12)C(=O)OC3. The molecule has 6 nitrogen and oxygen atoms in total. The van der Waals surface area contributed by atoms with Crippen LogP contribution in [-0.4, -0.2) is 48.1 Å². The summed E-state index contributed by atoms with van der Waals surface area (Å²) in [4.78, 5) is 23.2. The third-order valence-corrected chi connectivity index (χ3v) is 5.96. The van der Waals surface area contributed by atoms with Crippen molar-refractivity contribution in [2.24, 2.45) is 16.7 Å². The lowest BCUT2D eigenvalue weighted by Crippen LogP contribution is -2.57. The maximum atomic E-state index is 11.9. The number of ether oxygens (including phenoxy) is 2. The first-order chi connectivity index (χ1) is 10.8. The van der Waals surface area contributed by atoms with Crippen LogP contribution < -0.4 is 0 Å². The van der Waals surface area contributed by atoms with E-state index in [1.807, 2.05) is 6.92 Å². The van der Waals surface area contributed by atoms with Gasteiger partial charge in [-0.3, -0.25) is 4.79 Å². The maximum absolute atomic E-state index is 11.9. The minimum atomic E-state index is -0.757. The number of rotatable bonds is 3. The average Bonchev–Trinajstić information content (AvgIpc) is 2.87. The van der Waals surface area contributed by atoms with Gasteiger partial charge in [-0.1, -0.05) is 13.3 Å². The highest BCUT2D eigenvalue weighted by atomic mass is 16.5. The van der Waals surface area contributed by atoms with Crippen LogP contribution in [0, 0.1) is 16.7 Å². The summed E-state index contributed by atoms with van der Waals surface area (Å²) in [5.74, 6) is -0.991. The molecule has 4 atom stereocenters. The zero-order valence-corrected chi connectivity index (χ0v) is 13.6. The molecule has 0 aromatic rings. The van der Waals surface area contributed by atoms with E-state index in [0.717, 1.165) is 18.4 Å². The summed E-state index contributed by atoms with van der Waals surface area (Å²) in [6.45, 7) is 3.63. The Bertz CT molecular complexity index is 567. The van der Waals surface area contributed by atoms with Crippen LogP contribution in [0.3, 0.4) is 0 Å². The van der Waals surface area contributed by atoms with Crippen LogP contribution >= 0.6 is 0 Å². The lowest BCUT2D eigenvalue weighted by atomic mass is 9.48. The molecule has 0 amide bonds. The minimum Gasteiger partial charge on any atom is -0.465 e. The van der Waals surface area contributed by atoms with E-state index in [4.69, 9.17) is 9.47 Å². The van der Waals surface area contributed by atoms with E-state index >= 15 is 0 Å². The molecule has 23 heavy (non-hydrogen) atoms. The lowest BCUT2D eigenvalue weighted by molar-refractivity contribution is -0.159. The van der Waals surface area contributed by atoms with Gasteiger partial charge in [0.15, 0.2) is 0 Å². The Morgan fingerprint density at radius 2 is 2.17 bits per heavy atom. The highest BCUT2D eigenvalue weighted by molar-refractivity contribution is 5.92. The summed E-state index contributed by atoms with van der Waals surface area (Å²) >= 11 is 0. The number of aliphatic hydroxyl groups is 2. The fourth-order valence-electron chi connectivity index (χ4n) is 5.07. The number of carbonyl (C=O) groups is 2. The number of hydrogen-bond acceptors (Lipinski definition) is 6. The summed E-state index contributed by atoms with van der Waals surface area (Å²) in [6.07, 6.45) is 1.84. The van der Waals surface area contributed by atoms with Crippen LogP contribution in [0.1, 0.15) is 39.5 Å². The molecular formula is C17H24O6. The molecule has 0 bridgehead atoms. The second kappa shape index (κ2) is 5.60. The van der Waals surface area contributed by atoms with Gasteiger partial charge in [-0.2, -0.15) is 0 Å². The summed E-state index contributed by atoms with van der Waals surface area (Å²) < 4.78 is 10.4. The van der Waals surface area contributed by atoms with Gasteiger partial charge in [-0.05, 0) is 18.4 Å². The third-order valence-electron chi connectivity index (χ3n) is 5.96.